The molecule has 2 aromatic heterocycles. The molecule has 3 rings (SSSR count). The summed E-state index contributed by atoms with van der Waals surface area (Å²) in [6.07, 6.45) is 1.70. The van der Waals surface area contributed by atoms with Crippen molar-refractivity contribution in [1.82, 2.24) is 14.5 Å². The van der Waals surface area contributed by atoms with Crippen molar-refractivity contribution in [3.05, 3.63) is 28.7 Å². The van der Waals surface area contributed by atoms with Crippen LogP contribution in [0.1, 0.15) is 0 Å². The van der Waals surface area contributed by atoms with Gasteiger partial charge in [0, 0.05) is 46.3 Å². The Morgan fingerprint density at radius 1 is 1.21 bits per heavy atom. The summed E-state index contributed by atoms with van der Waals surface area (Å²) in [6, 6.07) is 5.12. The van der Waals surface area contributed by atoms with Crippen LogP contribution in [-0.4, -0.2) is 63.2 Å². The third kappa shape index (κ3) is 3.49. The van der Waals surface area contributed by atoms with Crippen molar-refractivity contribution < 1.29 is 8.42 Å². The first-order valence-corrected chi connectivity index (χ1v) is 10.0. The van der Waals surface area contributed by atoms with E-state index in [2.05, 4.69) is 10.2 Å². The Bertz CT molecular complexity index is 816. The number of sulfonamides is 1. The van der Waals surface area contributed by atoms with E-state index in [-0.39, 0.29) is 4.21 Å². The van der Waals surface area contributed by atoms with Gasteiger partial charge in [-0.3, -0.25) is 0 Å². The molecule has 0 spiro atoms. The third-order valence-electron chi connectivity index (χ3n) is 3.85. The highest BCUT2D eigenvalue weighted by atomic mass is 35.5. The van der Waals surface area contributed by atoms with Gasteiger partial charge in [0.05, 0.1) is 16.2 Å². The van der Waals surface area contributed by atoms with E-state index >= 15 is 0 Å². The molecule has 2 aromatic rings. The van der Waals surface area contributed by atoms with Crippen LogP contribution in [0.25, 0.3) is 0 Å². The number of hydrogen-bond donors (Lipinski definition) is 0. The molecule has 0 atom stereocenters. The molecule has 1 aliphatic heterocycles. The number of thiophene rings is 1. The lowest BCUT2D eigenvalue weighted by Crippen LogP contribution is -2.48. The van der Waals surface area contributed by atoms with Crippen LogP contribution in [0.4, 0.5) is 11.5 Å². The van der Waals surface area contributed by atoms with Crippen LogP contribution in [0.5, 0.6) is 0 Å². The monoisotopic (exact) mass is 387 g/mol. The summed E-state index contributed by atoms with van der Waals surface area (Å²) < 4.78 is 27.5. The highest BCUT2D eigenvalue weighted by Crippen LogP contribution is 2.29. The topological polar surface area (TPSA) is 69.6 Å². The molecule has 7 nitrogen and oxygen atoms in total. The molecule has 24 heavy (non-hydrogen) atoms. The van der Waals surface area contributed by atoms with Crippen molar-refractivity contribution in [3.8, 4) is 0 Å². The lowest BCUT2D eigenvalue weighted by atomic mass is 10.3. The minimum Gasteiger partial charge on any atom is -0.376 e. The standard InChI is InChI=1S/C14H18ClN5O2S2/c1-18(2)11-9-13(17-16-10-11)19-5-7-20(8-6-19)24(21,22)14-4-3-12(15)23-14/h3-4,9-10H,5-8H2,1-2H3. The van der Waals surface area contributed by atoms with E-state index in [1.807, 2.05) is 30.0 Å². The molecule has 0 bridgehead atoms. The molecule has 0 amide bonds. The third-order valence-corrected chi connectivity index (χ3v) is 7.45. The zero-order chi connectivity index (χ0) is 17.3. The van der Waals surface area contributed by atoms with E-state index < -0.39 is 10.0 Å². The molecule has 0 saturated carbocycles. The minimum absolute atomic E-state index is 0.287. The zero-order valence-corrected chi connectivity index (χ0v) is 15.8. The number of anilines is 2. The normalized spacial score (nSPS) is 16.4. The van der Waals surface area contributed by atoms with Gasteiger partial charge < -0.3 is 9.80 Å². The second kappa shape index (κ2) is 6.83. The fourth-order valence-electron chi connectivity index (χ4n) is 2.47. The van der Waals surface area contributed by atoms with Crippen molar-refractivity contribution in [3.63, 3.8) is 0 Å². The highest BCUT2D eigenvalue weighted by Gasteiger charge is 2.30. The Morgan fingerprint density at radius 3 is 2.50 bits per heavy atom. The number of hydrogen-bond acceptors (Lipinski definition) is 7. The maximum absolute atomic E-state index is 12.6. The fourth-order valence-corrected chi connectivity index (χ4v) is 5.53. The summed E-state index contributed by atoms with van der Waals surface area (Å²) >= 11 is 6.94. The van der Waals surface area contributed by atoms with Crippen molar-refractivity contribution >= 4 is 44.5 Å². The summed E-state index contributed by atoms with van der Waals surface area (Å²) in [5.74, 6) is 0.761. The van der Waals surface area contributed by atoms with E-state index in [4.69, 9.17) is 11.6 Å². The van der Waals surface area contributed by atoms with E-state index in [1.54, 1.807) is 18.3 Å². The van der Waals surface area contributed by atoms with Gasteiger partial charge in [-0.05, 0) is 12.1 Å². The average molecular weight is 388 g/mol. The molecule has 1 fully saturated rings. The van der Waals surface area contributed by atoms with Gasteiger partial charge >= 0.3 is 0 Å². The Kier molecular flexibility index (Phi) is 4.95. The Morgan fingerprint density at radius 2 is 1.92 bits per heavy atom. The lowest BCUT2D eigenvalue weighted by molar-refractivity contribution is 0.384. The van der Waals surface area contributed by atoms with Gasteiger partial charge in [0.25, 0.3) is 10.0 Å². The van der Waals surface area contributed by atoms with Gasteiger partial charge in [0.2, 0.25) is 0 Å². The molecular formula is C14H18ClN5O2S2. The number of halogens is 1. The average Bonchev–Trinajstić information content (AvgIpc) is 3.02. The first kappa shape index (κ1) is 17.4. The van der Waals surface area contributed by atoms with Crippen molar-refractivity contribution in [2.24, 2.45) is 0 Å². The van der Waals surface area contributed by atoms with Crippen LogP contribution in [0, 0.1) is 0 Å². The van der Waals surface area contributed by atoms with E-state index in [1.165, 1.54) is 4.31 Å². The minimum atomic E-state index is -3.47. The molecule has 0 aromatic carbocycles. The quantitative estimate of drug-likeness (QED) is 0.796. The van der Waals surface area contributed by atoms with Crippen LogP contribution in [0.15, 0.2) is 28.6 Å². The summed E-state index contributed by atoms with van der Waals surface area (Å²) in [7, 11) is 0.412. The Labute approximate surface area is 150 Å². The molecule has 3 heterocycles. The highest BCUT2D eigenvalue weighted by molar-refractivity contribution is 7.91. The molecule has 0 N–H and O–H groups in total. The zero-order valence-electron chi connectivity index (χ0n) is 13.4. The van der Waals surface area contributed by atoms with Crippen LogP contribution in [0.2, 0.25) is 4.34 Å². The molecule has 1 saturated heterocycles. The molecule has 0 unspecified atom stereocenters. The van der Waals surface area contributed by atoms with Crippen molar-refractivity contribution in [1.29, 1.82) is 0 Å². The number of aromatic nitrogens is 2. The van der Waals surface area contributed by atoms with E-state index in [0.717, 1.165) is 22.8 Å². The number of nitrogens with zero attached hydrogens (tertiary/aromatic N) is 5. The molecule has 10 heteroatoms. The first-order chi connectivity index (χ1) is 11.4. The van der Waals surface area contributed by atoms with Gasteiger partial charge in [-0.15, -0.1) is 16.4 Å². The van der Waals surface area contributed by atoms with Gasteiger partial charge in [-0.1, -0.05) is 11.6 Å². The summed E-state index contributed by atoms with van der Waals surface area (Å²) in [4.78, 5) is 4.01. The fraction of sp³-hybridized carbons (Fsp3) is 0.429. The van der Waals surface area contributed by atoms with Gasteiger partial charge in [0.15, 0.2) is 5.82 Å². The second-order valence-corrected chi connectivity index (χ2v) is 9.50. The maximum atomic E-state index is 12.6. The molecule has 130 valence electrons. The van der Waals surface area contributed by atoms with Crippen molar-refractivity contribution in [2.45, 2.75) is 4.21 Å². The van der Waals surface area contributed by atoms with E-state index in [9.17, 15) is 8.42 Å². The van der Waals surface area contributed by atoms with Gasteiger partial charge in [-0.2, -0.15) is 9.40 Å². The second-order valence-electron chi connectivity index (χ2n) is 5.62. The van der Waals surface area contributed by atoms with Crippen LogP contribution in [0.3, 0.4) is 0 Å². The molecular weight excluding hydrogens is 370 g/mol. The van der Waals surface area contributed by atoms with E-state index in [0.29, 0.717) is 30.5 Å². The molecule has 0 radical (unpaired) electrons. The smallest absolute Gasteiger partial charge is 0.252 e. The predicted molar refractivity (Wildman–Crippen MR) is 96.7 cm³/mol. The van der Waals surface area contributed by atoms with Gasteiger partial charge in [-0.25, -0.2) is 8.42 Å². The lowest BCUT2D eigenvalue weighted by Gasteiger charge is -2.34. The molecule has 1 aliphatic rings. The van der Waals surface area contributed by atoms with Gasteiger partial charge in [0.1, 0.15) is 4.21 Å². The summed E-state index contributed by atoms with van der Waals surface area (Å²) in [5.41, 5.74) is 0.961. The maximum Gasteiger partial charge on any atom is 0.252 e. The molecule has 0 aliphatic carbocycles. The Balaban J connectivity index is 1.71. The largest absolute Gasteiger partial charge is 0.376 e. The van der Waals surface area contributed by atoms with Crippen molar-refractivity contribution in [2.75, 3.05) is 50.1 Å². The number of rotatable bonds is 4. The Hall–Kier alpha value is -1.42. The number of piperazine rings is 1. The summed E-state index contributed by atoms with van der Waals surface area (Å²) in [6.45, 7) is 1.96. The van der Waals surface area contributed by atoms with Crippen LogP contribution >= 0.6 is 22.9 Å². The predicted octanol–water partition coefficient (Wildman–Crippen LogP) is 1.77. The van der Waals surface area contributed by atoms with Crippen LogP contribution < -0.4 is 9.80 Å². The summed E-state index contributed by atoms with van der Waals surface area (Å²) in [5, 5.41) is 8.18. The first-order valence-electron chi connectivity index (χ1n) is 7.38. The van der Waals surface area contributed by atoms with Crippen LogP contribution in [-0.2, 0) is 10.0 Å². The SMILES string of the molecule is CN(C)c1cnnc(N2CCN(S(=O)(=O)c3ccc(Cl)s3)CC2)c1.